The predicted molar refractivity (Wildman–Crippen MR) is 33.3 cm³/mol. The average Bonchev–Trinajstić information content (AvgIpc) is 1.85. The molecule has 0 saturated heterocycles. The minimum atomic E-state index is -1.93. The first-order chi connectivity index (χ1) is 4.45. The zero-order valence-electron chi connectivity index (χ0n) is 5.61. The van der Waals surface area contributed by atoms with Gasteiger partial charge in [-0.25, -0.2) is 0 Å². The van der Waals surface area contributed by atoms with Crippen molar-refractivity contribution in [2.24, 2.45) is 5.73 Å². The van der Waals surface area contributed by atoms with E-state index in [1.54, 1.807) is 0 Å². The minimum Gasteiger partial charge on any atom is -0.480 e. The summed E-state index contributed by atoms with van der Waals surface area (Å²) in [6.07, 6.45) is -1.27. The highest BCUT2D eigenvalue weighted by Gasteiger charge is 2.38. The number of carboxylic acid groups (broad SMARTS) is 1. The van der Waals surface area contributed by atoms with Crippen LogP contribution in [0.2, 0.25) is 0 Å². The van der Waals surface area contributed by atoms with Crippen LogP contribution < -0.4 is 5.73 Å². The van der Waals surface area contributed by atoms with Crippen molar-refractivity contribution in [1.29, 1.82) is 0 Å². The van der Waals surface area contributed by atoms with Gasteiger partial charge in [0.05, 0.1) is 12.7 Å². The van der Waals surface area contributed by atoms with Crippen LogP contribution in [-0.4, -0.2) is 39.5 Å². The summed E-state index contributed by atoms with van der Waals surface area (Å²) in [5, 5.41) is 25.6. The van der Waals surface area contributed by atoms with Gasteiger partial charge in [0.2, 0.25) is 0 Å². The summed E-state index contributed by atoms with van der Waals surface area (Å²) in [6.45, 7) is 0.435. The number of aliphatic hydroxyl groups excluding tert-OH is 2. The van der Waals surface area contributed by atoms with Crippen LogP contribution in [-0.2, 0) is 4.79 Å². The number of hydrogen-bond donors (Lipinski definition) is 4. The maximum absolute atomic E-state index is 10.2. The molecule has 0 radical (unpaired) electrons. The van der Waals surface area contributed by atoms with Crippen molar-refractivity contribution in [1.82, 2.24) is 0 Å². The summed E-state index contributed by atoms with van der Waals surface area (Å²) in [7, 11) is 0. The lowest BCUT2D eigenvalue weighted by Crippen LogP contribution is -2.59. The predicted octanol–water partition coefficient (Wildman–Crippen LogP) is -1.86. The standard InChI is InChI=1S/C5H11NO4/c1-3(8)5(6,2-7)4(9)10/h3,7-8H,2,6H2,1H3,(H,9,10)/t3?,5-/m0/s1. The van der Waals surface area contributed by atoms with E-state index in [1.165, 1.54) is 6.92 Å². The molecule has 0 spiro atoms. The van der Waals surface area contributed by atoms with Crippen molar-refractivity contribution in [3.05, 3.63) is 0 Å². The molecule has 0 saturated carbocycles. The van der Waals surface area contributed by atoms with Crippen LogP contribution in [0.3, 0.4) is 0 Å². The molecule has 1 unspecified atom stereocenters. The van der Waals surface area contributed by atoms with E-state index in [0.717, 1.165) is 0 Å². The van der Waals surface area contributed by atoms with Gasteiger partial charge in [-0.3, -0.25) is 4.79 Å². The van der Waals surface area contributed by atoms with Crippen LogP contribution in [0.15, 0.2) is 0 Å². The Hall–Kier alpha value is -0.650. The van der Waals surface area contributed by atoms with E-state index in [-0.39, 0.29) is 0 Å². The Kier molecular flexibility index (Phi) is 2.77. The molecular weight excluding hydrogens is 138 g/mol. The van der Waals surface area contributed by atoms with Crippen molar-refractivity contribution in [3.8, 4) is 0 Å². The molecule has 10 heavy (non-hydrogen) atoms. The van der Waals surface area contributed by atoms with Crippen molar-refractivity contribution in [2.75, 3.05) is 6.61 Å². The van der Waals surface area contributed by atoms with Gasteiger partial charge >= 0.3 is 5.97 Å². The van der Waals surface area contributed by atoms with Gasteiger partial charge in [0.25, 0.3) is 0 Å². The third-order valence-corrected chi connectivity index (χ3v) is 1.41. The van der Waals surface area contributed by atoms with E-state index in [9.17, 15) is 4.79 Å². The molecule has 0 aromatic heterocycles. The zero-order valence-corrected chi connectivity index (χ0v) is 5.61. The molecule has 5 N–H and O–H groups in total. The number of carboxylic acids is 1. The molecule has 0 fully saturated rings. The van der Waals surface area contributed by atoms with Gasteiger partial charge in [-0.2, -0.15) is 0 Å². The Morgan fingerprint density at radius 3 is 2.20 bits per heavy atom. The summed E-state index contributed by atoms with van der Waals surface area (Å²) in [4.78, 5) is 10.2. The summed E-state index contributed by atoms with van der Waals surface area (Å²) < 4.78 is 0. The van der Waals surface area contributed by atoms with Gasteiger partial charge in [-0.05, 0) is 6.92 Å². The minimum absolute atomic E-state index is 0.778. The smallest absolute Gasteiger partial charge is 0.328 e. The fourth-order valence-corrected chi connectivity index (χ4v) is 0.378. The van der Waals surface area contributed by atoms with Gasteiger partial charge < -0.3 is 21.1 Å². The number of carbonyl (C=O) groups is 1. The van der Waals surface area contributed by atoms with Crippen LogP contribution >= 0.6 is 0 Å². The molecule has 5 nitrogen and oxygen atoms in total. The number of rotatable bonds is 3. The summed E-state index contributed by atoms with van der Waals surface area (Å²) in [5.41, 5.74) is 3.15. The number of hydrogen-bond acceptors (Lipinski definition) is 4. The summed E-state index contributed by atoms with van der Waals surface area (Å²) in [5.74, 6) is -1.41. The SMILES string of the molecule is CC(O)[C@@](N)(CO)C(=O)O. The average molecular weight is 149 g/mol. The molecule has 0 aliphatic rings. The van der Waals surface area contributed by atoms with Gasteiger partial charge in [-0.1, -0.05) is 0 Å². The first kappa shape index (κ1) is 9.35. The lowest BCUT2D eigenvalue weighted by Gasteiger charge is -2.24. The largest absolute Gasteiger partial charge is 0.480 e. The van der Waals surface area contributed by atoms with Gasteiger partial charge in [0, 0.05) is 0 Å². The van der Waals surface area contributed by atoms with Crippen molar-refractivity contribution < 1.29 is 20.1 Å². The fourth-order valence-electron chi connectivity index (χ4n) is 0.378. The highest BCUT2D eigenvalue weighted by atomic mass is 16.4. The number of aliphatic carboxylic acids is 1. The topological polar surface area (TPSA) is 104 Å². The second-order valence-corrected chi connectivity index (χ2v) is 2.18. The monoisotopic (exact) mass is 149 g/mol. The molecule has 0 aromatic rings. The van der Waals surface area contributed by atoms with E-state index in [2.05, 4.69) is 0 Å². The molecular formula is C5H11NO4. The molecule has 0 rings (SSSR count). The lowest BCUT2D eigenvalue weighted by atomic mass is 9.96. The first-order valence-electron chi connectivity index (χ1n) is 2.76. The third kappa shape index (κ3) is 1.44. The number of nitrogens with two attached hydrogens (primary N) is 1. The quantitative estimate of drug-likeness (QED) is 0.377. The van der Waals surface area contributed by atoms with E-state index in [4.69, 9.17) is 21.1 Å². The Morgan fingerprint density at radius 2 is 2.20 bits per heavy atom. The lowest BCUT2D eigenvalue weighted by molar-refractivity contribution is -0.149. The van der Waals surface area contributed by atoms with Crippen LogP contribution in [0.4, 0.5) is 0 Å². The highest BCUT2D eigenvalue weighted by Crippen LogP contribution is 2.05. The fraction of sp³-hybridized carbons (Fsp3) is 0.800. The van der Waals surface area contributed by atoms with Gasteiger partial charge in [0.1, 0.15) is 0 Å². The molecule has 60 valence electrons. The van der Waals surface area contributed by atoms with Crippen molar-refractivity contribution in [3.63, 3.8) is 0 Å². The molecule has 0 amide bonds. The normalized spacial score (nSPS) is 19.6. The van der Waals surface area contributed by atoms with Crippen LogP contribution in [0.1, 0.15) is 6.92 Å². The van der Waals surface area contributed by atoms with E-state index < -0.39 is 24.2 Å². The van der Waals surface area contributed by atoms with Gasteiger partial charge in [0.15, 0.2) is 5.54 Å². The van der Waals surface area contributed by atoms with Crippen LogP contribution in [0, 0.1) is 0 Å². The Balaban J connectivity index is 4.38. The second kappa shape index (κ2) is 2.96. The van der Waals surface area contributed by atoms with E-state index in [1.807, 2.05) is 0 Å². The van der Waals surface area contributed by atoms with E-state index >= 15 is 0 Å². The first-order valence-corrected chi connectivity index (χ1v) is 2.76. The molecule has 0 aromatic carbocycles. The highest BCUT2D eigenvalue weighted by molar-refractivity contribution is 5.79. The maximum atomic E-state index is 10.2. The molecule has 0 bridgehead atoms. The summed E-state index contributed by atoms with van der Waals surface area (Å²) >= 11 is 0. The molecule has 0 aliphatic heterocycles. The number of aliphatic hydroxyl groups is 2. The van der Waals surface area contributed by atoms with Crippen molar-refractivity contribution in [2.45, 2.75) is 18.6 Å². The zero-order chi connectivity index (χ0) is 8.36. The Morgan fingerprint density at radius 1 is 1.80 bits per heavy atom. The molecule has 0 aliphatic carbocycles. The maximum Gasteiger partial charge on any atom is 0.328 e. The molecule has 0 heterocycles. The second-order valence-electron chi connectivity index (χ2n) is 2.18. The van der Waals surface area contributed by atoms with Gasteiger partial charge in [-0.15, -0.1) is 0 Å². The van der Waals surface area contributed by atoms with E-state index in [0.29, 0.717) is 0 Å². The van der Waals surface area contributed by atoms with Crippen LogP contribution in [0.5, 0.6) is 0 Å². The Labute approximate surface area is 58.1 Å². The van der Waals surface area contributed by atoms with Crippen LogP contribution in [0.25, 0.3) is 0 Å². The summed E-state index contributed by atoms with van der Waals surface area (Å²) in [6, 6.07) is 0. The molecule has 2 atom stereocenters. The molecule has 5 heteroatoms. The Bertz CT molecular complexity index is 136. The van der Waals surface area contributed by atoms with Crippen molar-refractivity contribution >= 4 is 5.97 Å². The third-order valence-electron chi connectivity index (χ3n) is 1.41.